The van der Waals surface area contributed by atoms with Gasteiger partial charge in [0.2, 0.25) is 15.9 Å². The molecular weight excluding hydrogens is 378 g/mol. The number of amides is 1. The summed E-state index contributed by atoms with van der Waals surface area (Å²) in [5.41, 5.74) is 0.852. The quantitative estimate of drug-likeness (QED) is 0.798. The molecule has 2 fully saturated rings. The van der Waals surface area contributed by atoms with Gasteiger partial charge in [0.25, 0.3) is 0 Å². The second-order valence-corrected chi connectivity index (χ2v) is 9.51. The Balaban J connectivity index is 1.46. The standard InChI is InChI=1S/C20H27N3O4S/c24-20(21-14-17-5-4-12-27-17)15-22-11-8-16-13-18(6-7-19(16)22)28(25,26)23-9-2-1-3-10-23/h6-8,11,13,17H,1-5,9-10,12,14-15H2,(H,21,24)/t17-/m0/s1. The number of carbonyl (C=O) groups is 1. The summed E-state index contributed by atoms with van der Waals surface area (Å²) in [6, 6.07) is 7.00. The molecule has 0 saturated carbocycles. The van der Waals surface area contributed by atoms with E-state index in [1.54, 1.807) is 22.5 Å². The molecule has 0 radical (unpaired) electrons. The molecule has 7 nitrogen and oxygen atoms in total. The molecule has 152 valence electrons. The number of sulfonamides is 1. The van der Waals surface area contributed by atoms with E-state index in [-0.39, 0.29) is 18.6 Å². The Bertz CT molecular complexity index is 942. The zero-order valence-electron chi connectivity index (χ0n) is 16.0. The second kappa shape index (κ2) is 8.23. The largest absolute Gasteiger partial charge is 0.376 e. The molecule has 1 aromatic carbocycles. The lowest BCUT2D eigenvalue weighted by molar-refractivity contribution is -0.122. The Hall–Kier alpha value is -1.90. The van der Waals surface area contributed by atoms with E-state index in [2.05, 4.69) is 5.32 Å². The van der Waals surface area contributed by atoms with Crippen molar-refractivity contribution in [3.05, 3.63) is 30.5 Å². The van der Waals surface area contributed by atoms with Crippen LogP contribution in [0.2, 0.25) is 0 Å². The number of nitrogens with zero attached hydrogens (tertiary/aromatic N) is 2. The number of benzene rings is 1. The first-order valence-corrected chi connectivity index (χ1v) is 11.5. The maximum absolute atomic E-state index is 12.9. The van der Waals surface area contributed by atoms with Gasteiger partial charge in [-0.3, -0.25) is 4.79 Å². The van der Waals surface area contributed by atoms with E-state index in [4.69, 9.17) is 4.74 Å². The minimum Gasteiger partial charge on any atom is -0.376 e. The lowest BCUT2D eigenvalue weighted by Crippen LogP contribution is -2.35. The van der Waals surface area contributed by atoms with Crippen molar-refractivity contribution in [1.82, 2.24) is 14.2 Å². The predicted octanol–water partition coefficient (Wildman–Crippen LogP) is 2.11. The zero-order chi connectivity index (χ0) is 19.6. The molecule has 28 heavy (non-hydrogen) atoms. The topological polar surface area (TPSA) is 80.6 Å². The number of nitrogens with one attached hydrogen (secondary N) is 1. The number of fused-ring (bicyclic) bond motifs is 1. The summed E-state index contributed by atoms with van der Waals surface area (Å²) in [7, 11) is -3.45. The lowest BCUT2D eigenvalue weighted by atomic mass is 10.2. The van der Waals surface area contributed by atoms with Crippen molar-refractivity contribution in [3.63, 3.8) is 0 Å². The fourth-order valence-corrected chi connectivity index (χ4v) is 5.53. The number of piperidine rings is 1. The minimum absolute atomic E-state index is 0.0713. The van der Waals surface area contributed by atoms with E-state index in [1.165, 1.54) is 0 Å². The predicted molar refractivity (Wildman–Crippen MR) is 107 cm³/mol. The van der Waals surface area contributed by atoms with Gasteiger partial charge in [-0.05, 0) is 49.9 Å². The molecule has 1 amide bonds. The minimum atomic E-state index is -3.45. The van der Waals surface area contributed by atoms with Gasteiger partial charge in [-0.25, -0.2) is 8.42 Å². The van der Waals surface area contributed by atoms with Crippen molar-refractivity contribution in [1.29, 1.82) is 0 Å². The van der Waals surface area contributed by atoms with Crippen molar-refractivity contribution >= 4 is 26.8 Å². The molecule has 0 spiro atoms. The number of carbonyl (C=O) groups excluding carboxylic acids is 1. The van der Waals surface area contributed by atoms with Gasteiger partial charge in [0, 0.05) is 43.3 Å². The highest BCUT2D eigenvalue weighted by atomic mass is 32.2. The molecule has 2 aliphatic heterocycles. The molecule has 1 N–H and O–H groups in total. The molecule has 2 aromatic rings. The average molecular weight is 406 g/mol. The van der Waals surface area contributed by atoms with Crippen molar-refractivity contribution in [2.75, 3.05) is 26.2 Å². The Morgan fingerprint density at radius 1 is 1.14 bits per heavy atom. The Labute approximate surface area is 165 Å². The molecule has 8 heteroatoms. The Morgan fingerprint density at radius 2 is 1.96 bits per heavy atom. The molecule has 0 aliphatic carbocycles. The van der Waals surface area contributed by atoms with E-state index in [9.17, 15) is 13.2 Å². The van der Waals surface area contributed by atoms with E-state index < -0.39 is 10.0 Å². The highest BCUT2D eigenvalue weighted by Crippen LogP contribution is 2.25. The van der Waals surface area contributed by atoms with Crippen molar-refractivity contribution in [2.24, 2.45) is 0 Å². The summed E-state index contributed by atoms with van der Waals surface area (Å²) in [5, 5.41) is 3.74. The van der Waals surface area contributed by atoms with Crippen molar-refractivity contribution < 1.29 is 17.9 Å². The summed E-state index contributed by atoms with van der Waals surface area (Å²) >= 11 is 0. The molecule has 4 rings (SSSR count). The van der Waals surface area contributed by atoms with Gasteiger partial charge in [0.15, 0.2) is 0 Å². The van der Waals surface area contributed by atoms with Gasteiger partial charge in [-0.1, -0.05) is 6.42 Å². The SMILES string of the molecule is O=C(Cn1ccc2cc(S(=O)(=O)N3CCCCC3)ccc21)NC[C@@H]1CCCO1. The first-order valence-electron chi connectivity index (χ1n) is 10.0. The summed E-state index contributed by atoms with van der Waals surface area (Å²) in [6.07, 6.45) is 6.90. The van der Waals surface area contributed by atoms with Crippen LogP contribution in [0, 0.1) is 0 Å². The molecule has 3 heterocycles. The van der Waals surface area contributed by atoms with Crippen LogP contribution in [-0.2, 0) is 26.1 Å². The fourth-order valence-electron chi connectivity index (χ4n) is 3.97. The van der Waals surface area contributed by atoms with E-state index in [0.29, 0.717) is 24.5 Å². The molecule has 2 aliphatic rings. The van der Waals surface area contributed by atoms with Gasteiger partial charge in [-0.15, -0.1) is 0 Å². The normalized spacial score (nSPS) is 21.2. The molecule has 2 saturated heterocycles. The number of hydrogen-bond acceptors (Lipinski definition) is 4. The highest BCUT2D eigenvalue weighted by Gasteiger charge is 2.26. The smallest absolute Gasteiger partial charge is 0.243 e. The van der Waals surface area contributed by atoms with E-state index in [1.807, 2.05) is 16.8 Å². The molecular formula is C20H27N3O4S. The van der Waals surface area contributed by atoms with Gasteiger partial charge < -0.3 is 14.6 Å². The fraction of sp³-hybridized carbons (Fsp3) is 0.550. The van der Waals surface area contributed by atoms with Crippen molar-refractivity contribution in [3.8, 4) is 0 Å². The lowest BCUT2D eigenvalue weighted by Gasteiger charge is -2.25. The maximum atomic E-state index is 12.9. The first-order chi connectivity index (χ1) is 13.5. The third-order valence-electron chi connectivity index (χ3n) is 5.56. The van der Waals surface area contributed by atoms with E-state index >= 15 is 0 Å². The van der Waals surface area contributed by atoms with Gasteiger partial charge in [0.1, 0.15) is 6.54 Å². The van der Waals surface area contributed by atoms with Crippen LogP contribution in [-0.4, -0.2) is 55.5 Å². The maximum Gasteiger partial charge on any atom is 0.243 e. The van der Waals surface area contributed by atoms with Crippen LogP contribution >= 0.6 is 0 Å². The second-order valence-electron chi connectivity index (χ2n) is 7.57. The summed E-state index contributed by atoms with van der Waals surface area (Å²) in [6.45, 7) is 2.69. The number of rotatable bonds is 6. The third-order valence-corrected chi connectivity index (χ3v) is 7.45. The summed E-state index contributed by atoms with van der Waals surface area (Å²) in [4.78, 5) is 12.6. The van der Waals surface area contributed by atoms with Crippen LogP contribution in [0.1, 0.15) is 32.1 Å². The molecule has 0 bridgehead atoms. The van der Waals surface area contributed by atoms with Gasteiger partial charge in [0.05, 0.1) is 11.0 Å². The number of aromatic nitrogens is 1. The number of ether oxygens (including phenoxy) is 1. The Kier molecular flexibility index (Phi) is 5.70. The first kappa shape index (κ1) is 19.4. The van der Waals surface area contributed by atoms with Crippen LogP contribution in [0.4, 0.5) is 0 Å². The van der Waals surface area contributed by atoms with Crippen molar-refractivity contribution in [2.45, 2.75) is 49.6 Å². The Morgan fingerprint density at radius 3 is 2.71 bits per heavy atom. The van der Waals surface area contributed by atoms with E-state index in [0.717, 1.165) is 49.6 Å². The monoisotopic (exact) mass is 405 g/mol. The third kappa shape index (κ3) is 4.09. The van der Waals surface area contributed by atoms with Crippen LogP contribution in [0.15, 0.2) is 35.4 Å². The summed E-state index contributed by atoms with van der Waals surface area (Å²) in [5.74, 6) is -0.0713. The number of hydrogen-bond donors (Lipinski definition) is 1. The highest BCUT2D eigenvalue weighted by molar-refractivity contribution is 7.89. The zero-order valence-corrected chi connectivity index (χ0v) is 16.8. The average Bonchev–Trinajstić information content (AvgIpc) is 3.37. The molecule has 1 aromatic heterocycles. The van der Waals surface area contributed by atoms with Crippen LogP contribution in [0.25, 0.3) is 10.9 Å². The van der Waals surface area contributed by atoms with Gasteiger partial charge >= 0.3 is 0 Å². The van der Waals surface area contributed by atoms with Gasteiger partial charge in [-0.2, -0.15) is 4.31 Å². The van der Waals surface area contributed by atoms with Crippen LogP contribution in [0.5, 0.6) is 0 Å². The van der Waals surface area contributed by atoms with Crippen LogP contribution in [0.3, 0.4) is 0 Å². The molecule has 1 atom stereocenters. The summed E-state index contributed by atoms with van der Waals surface area (Å²) < 4.78 is 34.7. The molecule has 0 unspecified atom stereocenters. The van der Waals surface area contributed by atoms with Crippen LogP contribution < -0.4 is 5.32 Å².